The number of aromatic amines is 1. The first-order valence-electron chi connectivity index (χ1n) is 8.25. The standard InChI is InChI=1S/C16H20N4O4S2/c21-14(17-13-7-9-26(23,24)11-13)10-25-16-19-18-15(22)20(16)8-6-12-4-2-1-3-5-12/h1-5,13H,6-11H2,(H,17,21)(H,18,22)/t13-/m0/s1. The summed E-state index contributed by atoms with van der Waals surface area (Å²) in [4.78, 5) is 23.9. The second-order valence-electron chi connectivity index (χ2n) is 6.15. The summed E-state index contributed by atoms with van der Waals surface area (Å²) in [5.41, 5.74) is 0.794. The number of H-pyrrole nitrogens is 1. The number of hydrogen-bond acceptors (Lipinski definition) is 6. The maximum Gasteiger partial charge on any atom is 0.343 e. The van der Waals surface area contributed by atoms with Crippen LogP contribution < -0.4 is 11.0 Å². The molecule has 2 aromatic rings. The molecule has 1 saturated heterocycles. The highest BCUT2D eigenvalue weighted by molar-refractivity contribution is 7.99. The fraction of sp³-hybridized carbons (Fsp3) is 0.438. The number of nitrogens with zero attached hydrogens (tertiary/aromatic N) is 2. The van der Waals surface area contributed by atoms with Gasteiger partial charge in [-0.2, -0.15) is 0 Å². The molecule has 2 heterocycles. The fourth-order valence-corrected chi connectivity index (χ4v) is 5.26. The molecule has 0 unspecified atom stereocenters. The first-order chi connectivity index (χ1) is 12.4. The summed E-state index contributed by atoms with van der Waals surface area (Å²) < 4.78 is 24.4. The van der Waals surface area contributed by atoms with Gasteiger partial charge in [-0.25, -0.2) is 18.3 Å². The number of carbonyl (C=O) groups is 1. The third kappa shape index (κ3) is 4.98. The molecule has 140 valence electrons. The van der Waals surface area contributed by atoms with E-state index in [1.807, 2.05) is 30.3 Å². The molecule has 0 spiro atoms. The van der Waals surface area contributed by atoms with Crippen LogP contribution in [-0.2, 0) is 27.6 Å². The average Bonchev–Trinajstić information content (AvgIpc) is 3.13. The molecule has 0 saturated carbocycles. The van der Waals surface area contributed by atoms with Crippen molar-refractivity contribution in [3.8, 4) is 0 Å². The van der Waals surface area contributed by atoms with E-state index in [1.165, 1.54) is 4.57 Å². The van der Waals surface area contributed by atoms with E-state index in [0.717, 1.165) is 17.3 Å². The molecule has 1 aromatic carbocycles. The summed E-state index contributed by atoms with van der Waals surface area (Å²) in [6.07, 6.45) is 1.13. The third-order valence-corrected chi connectivity index (χ3v) is 6.86. The number of hydrogen-bond donors (Lipinski definition) is 2. The van der Waals surface area contributed by atoms with Gasteiger partial charge in [-0.15, -0.1) is 5.10 Å². The normalized spacial score (nSPS) is 18.7. The van der Waals surface area contributed by atoms with Gasteiger partial charge in [0.15, 0.2) is 15.0 Å². The molecular weight excluding hydrogens is 376 g/mol. The number of benzene rings is 1. The van der Waals surface area contributed by atoms with E-state index in [2.05, 4.69) is 15.5 Å². The Bertz CT molecular complexity index is 921. The van der Waals surface area contributed by atoms with E-state index in [4.69, 9.17) is 0 Å². The Morgan fingerprint density at radius 2 is 2.12 bits per heavy atom. The second kappa shape index (κ2) is 8.09. The van der Waals surface area contributed by atoms with Crippen LogP contribution in [0.2, 0.25) is 0 Å². The van der Waals surface area contributed by atoms with Crippen molar-refractivity contribution in [3.05, 3.63) is 46.4 Å². The number of nitrogens with one attached hydrogen (secondary N) is 2. The van der Waals surface area contributed by atoms with Crippen LogP contribution in [0.15, 0.2) is 40.3 Å². The van der Waals surface area contributed by atoms with Gasteiger partial charge in [0, 0.05) is 12.6 Å². The molecule has 1 amide bonds. The highest BCUT2D eigenvalue weighted by atomic mass is 32.2. The van der Waals surface area contributed by atoms with Gasteiger partial charge in [-0.3, -0.25) is 9.36 Å². The van der Waals surface area contributed by atoms with Crippen molar-refractivity contribution in [1.29, 1.82) is 0 Å². The van der Waals surface area contributed by atoms with E-state index in [-0.39, 0.29) is 34.9 Å². The van der Waals surface area contributed by atoms with Crippen LogP contribution >= 0.6 is 11.8 Å². The van der Waals surface area contributed by atoms with Gasteiger partial charge in [0.05, 0.1) is 17.3 Å². The average molecular weight is 396 g/mol. The van der Waals surface area contributed by atoms with Crippen molar-refractivity contribution in [2.75, 3.05) is 17.3 Å². The lowest BCUT2D eigenvalue weighted by Gasteiger charge is -2.10. The van der Waals surface area contributed by atoms with Gasteiger partial charge >= 0.3 is 5.69 Å². The van der Waals surface area contributed by atoms with Crippen molar-refractivity contribution in [1.82, 2.24) is 20.1 Å². The van der Waals surface area contributed by atoms with Crippen molar-refractivity contribution < 1.29 is 13.2 Å². The molecule has 1 fully saturated rings. The van der Waals surface area contributed by atoms with Crippen molar-refractivity contribution in [2.45, 2.75) is 30.6 Å². The second-order valence-corrected chi connectivity index (χ2v) is 9.33. The van der Waals surface area contributed by atoms with E-state index < -0.39 is 9.84 Å². The number of thioether (sulfide) groups is 1. The number of amides is 1. The Morgan fingerprint density at radius 1 is 1.35 bits per heavy atom. The molecule has 0 bridgehead atoms. The predicted octanol–water partition coefficient (Wildman–Crippen LogP) is 0.209. The quantitative estimate of drug-likeness (QED) is 0.647. The van der Waals surface area contributed by atoms with Crippen LogP contribution in [-0.4, -0.2) is 52.4 Å². The van der Waals surface area contributed by atoms with Crippen LogP contribution in [0.1, 0.15) is 12.0 Å². The van der Waals surface area contributed by atoms with E-state index in [1.54, 1.807) is 0 Å². The first kappa shape index (κ1) is 18.7. The molecule has 10 heteroatoms. The number of aryl methyl sites for hydroxylation is 1. The maximum atomic E-state index is 12.0. The molecule has 3 rings (SSSR count). The topological polar surface area (TPSA) is 114 Å². The lowest BCUT2D eigenvalue weighted by atomic mass is 10.1. The Balaban J connectivity index is 1.53. The molecule has 2 N–H and O–H groups in total. The largest absolute Gasteiger partial charge is 0.352 e. The predicted molar refractivity (Wildman–Crippen MR) is 98.9 cm³/mol. The minimum absolute atomic E-state index is 0.00635. The molecule has 0 aliphatic carbocycles. The lowest BCUT2D eigenvalue weighted by Crippen LogP contribution is -2.36. The SMILES string of the molecule is O=C(CSc1n[nH]c(=O)n1CCc1ccccc1)N[C@H]1CCS(=O)(=O)C1. The summed E-state index contributed by atoms with van der Waals surface area (Å²) in [5.74, 6) is -0.0781. The van der Waals surface area contributed by atoms with Crippen LogP contribution in [0, 0.1) is 0 Å². The minimum Gasteiger partial charge on any atom is -0.352 e. The van der Waals surface area contributed by atoms with Crippen molar-refractivity contribution >= 4 is 27.5 Å². The van der Waals surface area contributed by atoms with Gasteiger partial charge in [0.25, 0.3) is 0 Å². The third-order valence-electron chi connectivity index (χ3n) is 4.12. The fourth-order valence-electron chi connectivity index (χ4n) is 2.80. The summed E-state index contributed by atoms with van der Waals surface area (Å²) in [6, 6.07) is 9.46. The molecule has 1 atom stereocenters. The molecule has 1 aliphatic heterocycles. The molecule has 8 nitrogen and oxygen atoms in total. The van der Waals surface area contributed by atoms with E-state index in [9.17, 15) is 18.0 Å². The van der Waals surface area contributed by atoms with Crippen molar-refractivity contribution in [2.24, 2.45) is 0 Å². The zero-order chi connectivity index (χ0) is 18.6. The summed E-state index contributed by atoms with van der Waals surface area (Å²) >= 11 is 1.15. The van der Waals surface area contributed by atoms with Crippen LogP contribution in [0.25, 0.3) is 0 Å². The van der Waals surface area contributed by atoms with Gasteiger partial charge in [0.1, 0.15) is 0 Å². The smallest absolute Gasteiger partial charge is 0.343 e. The van der Waals surface area contributed by atoms with E-state index in [0.29, 0.717) is 24.5 Å². The highest BCUT2D eigenvalue weighted by Crippen LogP contribution is 2.15. The number of sulfone groups is 1. The highest BCUT2D eigenvalue weighted by Gasteiger charge is 2.28. The number of rotatable bonds is 7. The first-order valence-corrected chi connectivity index (χ1v) is 11.1. The monoisotopic (exact) mass is 396 g/mol. The summed E-state index contributed by atoms with van der Waals surface area (Å²) in [7, 11) is -3.03. The Labute approximate surface area is 155 Å². The number of carbonyl (C=O) groups excluding carboxylic acids is 1. The molecule has 1 aromatic heterocycles. The maximum absolute atomic E-state index is 12.0. The van der Waals surface area contributed by atoms with Gasteiger partial charge in [0.2, 0.25) is 5.91 Å². The lowest BCUT2D eigenvalue weighted by molar-refractivity contribution is -0.119. The Kier molecular flexibility index (Phi) is 5.82. The van der Waals surface area contributed by atoms with Gasteiger partial charge < -0.3 is 5.32 Å². The van der Waals surface area contributed by atoms with E-state index >= 15 is 0 Å². The van der Waals surface area contributed by atoms with Crippen LogP contribution in [0.5, 0.6) is 0 Å². The molecule has 0 radical (unpaired) electrons. The summed E-state index contributed by atoms with van der Waals surface area (Å²) in [6.45, 7) is 0.462. The zero-order valence-corrected chi connectivity index (χ0v) is 15.7. The number of aromatic nitrogens is 3. The zero-order valence-electron chi connectivity index (χ0n) is 14.1. The minimum atomic E-state index is -3.03. The van der Waals surface area contributed by atoms with Crippen molar-refractivity contribution in [3.63, 3.8) is 0 Å². The van der Waals surface area contributed by atoms with Gasteiger partial charge in [-0.1, -0.05) is 42.1 Å². The Hall–Kier alpha value is -2.07. The molecule has 26 heavy (non-hydrogen) atoms. The molecule has 1 aliphatic rings. The van der Waals surface area contributed by atoms with Crippen LogP contribution in [0.4, 0.5) is 0 Å². The Morgan fingerprint density at radius 3 is 2.81 bits per heavy atom. The van der Waals surface area contributed by atoms with Crippen LogP contribution in [0.3, 0.4) is 0 Å². The van der Waals surface area contributed by atoms with Gasteiger partial charge in [-0.05, 0) is 18.4 Å². The molecular formula is C16H20N4O4S2. The summed E-state index contributed by atoms with van der Waals surface area (Å²) in [5, 5.41) is 9.54.